The van der Waals surface area contributed by atoms with E-state index in [-0.39, 0.29) is 17.9 Å². The maximum absolute atomic E-state index is 12.2. The zero-order valence-electron chi connectivity index (χ0n) is 10.0. The molecule has 2 heterocycles. The number of carbonyl (C=O) groups excluding carboxylic acids is 1. The Morgan fingerprint density at radius 3 is 2.76 bits per heavy atom. The Bertz CT molecular complexity index is 417. The summed E-state index contributed by atoms with van der Waals surface area (Å²) >= 11 is 0. The number of benzene rings is 1. The lowest BCUT2D eigenvalue weighted by Crippen LogP contribution is -2.31. The van der Waals surface area contributed by atoms with Crippen LogP contribution in [-0.2, 0) is 9.53 Å². The van der Waals surface area contributed by atoms with Crippen LogP contribution in [-0.4, -0.2) is 30.6 Å². The predicted octanol–water partition coefficient (Wildman–Crippen LogP) is 1.85. The monoisotopic (exact) mass is 231 g/mol. The number of carbonyl (C=O) groups is 1. The fourth-order valence-electron chi connectivity index (χ4n) is 2.87. The molecule has 3 heteroatoms. The van der Waals surface area contributed by atoms with Gasteiger partial charge in [0.25, 0.3) is 0 Å². The first-order valence-electron chi connectivity index (χ1n) is 6.20. The van der Waals surface area contributed by atoms with Gasteiger partial charge in [-0.2, -0.15) is 0 Å². The molecule has 1 amide bonds. The van der Waals surface area contributed by atoms with E-state index in [4.69, 9.17) is 4.74 Å². The van der Waals surface area contributed by atoms with Gasteiger partial charge in [-0.15, -0.1) is 0 Å². The summed E-state index contributed by atoms with van der Waals surface area (Å²) in [6.07, 6.45) is 0. The summed E-state index contributed by atoms with van der Waals surface area (Å²) in [6, 6.07) is 10.4. The Morgan fingerprint density at radius 2 is 2.06 bits per heavy atom. The number of likely N-dealkylation sites (tertiary alicyclic amines) is 1. The molecule has 0 N–H and O–H groups in total. The third-order valence-electron chi connectivity index (χ3n) is 3.98. The van der Waals surface area contributed by atoms with Gasteiger partial charge in [0.05, 0.1) is 25.2 Å². The molecule has 3 unspecified atom stereocenters. The highest BCUT2D eigenvalue weighted by molar-refractivity contribution is 5.82. The van der Waals surface area contributed by atoms with E-state index < -0.39 is 0 Å². The molecule has 0 aliphatic carbocycles. The van der Waals surface area contributed by atoms with E-state index in [1.54, 1.807) is 0 Å². The van der Waals surface area contributed by atoms with Crippen molar-refractivity contribution in [2.24, 2.45) is 11.8 Å². The van der Waals surface area contributed by atoms with E-state index in [0.29, 0.717) is 12.5 Å². The third kappa shape index (κ3) is 1.75. The lowest BCUT2D eigenvalue weighted by Gasteiger charge is -2.26. The van der Waals surface area contributed by atoms with Gasteiger partial charge < -0.3 is 9.64 Å². The van der Waals surface area contributed by atoms with Crippen molar-refractivity contribution in [3.05, 3.63) is 35.9 Å². The Labute approximate surface area is 101 Å². The van der Waals surface area contributed by atoms with Crippen LogP contribution in [0, 0.1) is 11.8 Å². The Hall–Kier alpha value is -1.35. The van der Waals surface area contributed by atoms with Gasteiger partial charge in [-0.3, -0.25) is 4.79 Å². The van der Waals surface area contributed by atoms with Crippen molar-refractivity contribution >= 4 is 5.91 Å². The molecule has 0 bridgehead atoms. The van der Waals surface area contributed by atoms with Gasteiger partial charge in [-0.1, -0.05) is 30.3 Å². The van der Waals surface area contributed by atoms with Crippen molar-refractivity contribution in [1.82, 2.24) is 4.90 Å². The summed E-state index contributed by atoms with van der Waals surface area (Å²) in [5.41, 5.74) is 1.21. The Morgan fingerprint density at radius 1 is 1.29 bits per heavy atom. The Balaban J connectivity index is 1.80. The van der Waals surface area contributed by atoms with Crippen LogP contribution in [0.5, 0.6) is 0 Å². The standard InChI is InChI=1S/C14H17NO2/c1-10(11-5-3-2-4-6-11)15-7-12-8-17-9-13(12)14(15)16/h2-6,10,12-13H,7-9H2,1H3. The number of fused-ring (bicyclic) bond motifs is 1. The maximum Gasteiger partial charge on any atom is 0.228 e. The van der Waals surface area contributed by atoms with E-state index in [2.05, 4.69) is 19.1 Å². The van der Waals surface area contributed by atoms with Crippen LogP contribution >= 0.6 is 0 Å². The second-order valence-corrected chi connectivity index (χ2v) is 4.98. The number of amides is 1. The molecular weight excluding hydrogens is 214 g/mol. The fourth-order valence-corrected chi connectivity index (χ4v) is 2.87. The average Bonchev–Trinajstić information content (AvgIpc) is 2.93. The molecule has 2 aliphatic rings. The quantitative estimate of drug-likeness (QED) is 0.777. The van der Waals surface area contributed by atoms with Crippen LogP contribution in [0.1, 0.15) is 18.5 Å². The summed E-state index contributed by atoms with van der Waals surface area (Å²) in [4.78, 5) is 14.3. The first-order chi connectivity index (χ1) is 8.27. The maximum atomic E-state index is 12.2. The number of hydrogen-bond acceptors (Lipinski definition) is 2. The second kappa shape index (κ2) is 4.15. The van der Waals surface area contributed by atoms with Crippen molar-refractivity contribution < 1.29 is 9.53 Å². The number of hydrogen-bond donors (Lipinski definition) is 0. The molecular formula is C14H17NO2. The minimum Gasteiger partial charge on any atom is -0.380 e. The van der Waals surface area contributed by atoms with Crippen LogP contribution in [0.25, 0.3) is 0 Å². The molecule has 0 radical (unpaired) electrons. The normalized spacial score (nSPS) is 29.5. The third-order valence-corrected chi connectivity index (χ3v) is 3.98. The summed E-state index contributed by atoms with van der Waals surface area (Å²) < 4.78 is 5.37. The molecule has 0 saturated carbocycles. The predicted molar refractivity (Wildman–Crippen MR) is 64.4 cm³/mol. The zero-order valence-corrected chi connectivity index (χ0v) is 10.0. The number of ether oxygens (including phenoxy) is 1. The topological polar surface area (TPSA) is 29.5 Å². The van der Waals surface area contributed by atoms with Crippen LogP contribution in [0.3, 0.4) is 0 Å². The molecule has 0 aromatic heterocycles. The van der Waals surface area contributed by atoms with Crippen molar-refractivity contribution in [3.63, 3.8) is 0 Å². The van der Waals surface area contributed by atoms with Gasteiger partial charge in [0, 0.05) is 12.5 Å². The molecule has 90 valence electrons. The van der Waals surface area contributed by atoms with Gasteiger partial charge in [0.1, 0.15) is 0 Å². The van der Waals surface area contributed by atoms with Crippen LogP contribution < -0.4 is 0 Å². The van der Waals surface area contributed by atoms with E-state index in [1.807, 2.05) is 23.1 Å². The highest BCUT2D eigenvalue weighted by atomic mass is 16.5. The van der Waals surface area contributed by atoms with E-state index >= 15 is 0 Å². The largest absolute Gasteiger partial charge is 0.380 e. The molecule has 1 aromatic carbocycles. The molecule has 3 nitrogen and oxygen atoms in total. The highest BCUT2D eigenvalue weighted by Gasteiger charge is 2.45. The molecule has 2 fully saturated rings. The van der Waals surface area contributed by atoms with Crippen molar-refractivity contribution in [2.45, 2.75) is 13.0 Å². The summed E-state index contributed by atoms with van der Waals surface area (Å²) in [5, 5.41) is 0. The molecule has 3 rings (SSSR count). The highest BCUT2D eigenvalue weighted by Crippen LogP contribution is 2.35. The molecule has 1 aromatic rings. The number of nitrogens with zero attached hydrogens (tertiary/aromatic N) is 1. The van der Waals surface area contributed by atoms with Gasteiger partial charge >= 0.3 is 0 Å². The molecule has 3 atom stereocenters. The lowest BCUT2D eigenvalue weighted by molar-refractivity contribution is -0.133. The summed E-state index contributed by atoms with van der Waals surface area (Å²) in [6.45, 7) is 4.31. The average molecular weight is 231 g/mol. The molecule has 2 saturated heterocycles. The number of rotatable bonds is 2. The van der Waals surface area contributed by atoms with Crippen molar-refractivity contribution in [1.29, 1.82) is 0 Å². The van der Waals surface area contributed by atoms with E-state index in [0.717, 1.165) is 13.2 Å². The van der Waals surface area contributed by atoms with Crippen LogP contribution in [0.4, 0.5) is 0 Å². The Kier molecular flexibility index (Phi) is 2.63. The molecule has 2 aliphatic heterocycles. The van der Waals surface area contributed by atoms with Crippen LogP contribution in [0.15, 0.2) is 30.3 Å². The minimum atomic E-state index is 0.112. The van der Waals surface area contributed by atoms with Gasteiger partial charge in [0.2, 0.25) is 5.91 Å². The lowest BCUT2D eigenvalue weighted by atomic mass is 10.0. The fraction of sp³-hybridized carbons (Fsp3) is 0.500. The summed E-state index contributed by atoms with van der Waals surface area (Å²) in [5.74, 6) is 0.790. The zero-order chi connectivity index (χ0) is 11.8. The second-order valence-electron chi connectivity index (χ2n) is 4.98. The molecule has 0 spiro atoms. The van der Waals surface area contributed by atoms with E-state index in [9.17, 15) is 4.79 Å². The SMILES string of the molecule is CC(c1ccccc1)N1CC2COCC2C1=O. The summed E-state index contributed by atoms with van der Waals surface area (Å²) in [7, 11) is 0. The van der Waals surface area contributed by atoms with Gasteiger partial charge in [0.15, 0.2) is 0 Å². The minimum absolute atomic E-state index is 0.112. The van der Waals surface area contributed by atoms with E-state index in [1.165, 1.54) is 5.56 Å². The van der Waals surface area contributed by atoms with Crippen LogP contribution in [0.2, 0.25) is 0 Å². The van der Waals surface area contributed by atoms with Gasteiger partial charge in [-0.25, -0.2) is 0 Å². The van der Waals surface area contributed by atoms with Crippen molar-refractivity contribution in [2.75, 3.05) is 19.8 Å². The van der Waals surface area contributed by atoms with Gasteiger partial charge in [-0.05, 0) is 12.5 Å². The first-order valence-corrected chi connectivity index (χ1v) is 6.20. The van der Waals surface area contributed by atoms with Crippen molar-refractivity contribution in [3.8, 4) is 0 Å². The first kappa shape index (κ1) is 10.8. The molecule has 17 heavy (non-hydrogen) atoms. The smallest absolute Gasteiger partial charge is 0.228 e.